The molecule has 1 heterocycles. The SMILES string of the molecule is Cl.NC1C[C@@H]2OCC[C@H]12. The average Bonchev–Trinajstić information content (AvgIpc) is 2.09. The van der Waals surface area contributed by atoms with Crippen LogP contribution in [0.15, 0.2) is 0 Å². The van der Waals surface area contributed by atoms with Crippen molar-refractivity contribution >= 4 is 12.4 Å². The molecule has 0 bridgehead atoms. The van der Waals surface area contributed by atoms with Crippen molar-refractivity contribution in [2.45, 2.75) is 25.0 Å². The molecule has 1 saturated carbocycles. The van der Waals surface area contributed by atoms with Gasteiger partial charge in [-0.1, -0.05) is 0 Å². The first kappa shape index (κ1) is 7.32. The molecule has 1 aliphatic heterocycles. The zero-order valence-electron chi connectivity index (χ0n) is 5.25. The lowest BCUT2D eigenvalue weighted by molar-refractivity contribution is 0.0191. The van der Waals surface area contributed by atoms with Crippen molar-refractivity contribution in [2.24, 2.45) is 11.7 Å². The topological polar surface area (TPSA) is 35.2 Å². The fourth-order valence-electron chi connectivity index (χ4n) is 1.64. The lowest BCUT2D eigenvalue weighted by Crippen LogP contribution is -2.48. The molecule has 9 heavy (non-hydrogen) atoms. The normalized spacial score (nSPS) is 47.0. The molecular formula is C6H12ClNO. The van der Waals surface area contributed by atoms with Gasteiger partial charge in [0.05, 0.1) is 6.10 Å². The second-order valence-corrected chi connectivity index (χ2v) is 2.76. The van der Waals surface area contributed by atoms with Crippen LogP contribution >= 0.6 is 12.4 Å². The third-order valence-corrected chi connectivity index (χ3v) is 2.32. The molecule has 0 aromatic heterocycles. The third-order valence-electron chi connectivity index (χ3n) is 2.32. The van der Waals surface area contributed by atoms with Gasteiger partial charge in [0.1, 0.15) is 0 Å². The molecule has 2 rings (SSSR count). The van der Waals surface area contributed by atoms with Crippen molar-refractivity contribution in [3.63, 3.8) is 0 Å². The second kappa shape index (κ2) is 2.45. The van der Waals surface area contributed by atoms with E-state index >= 15 is 0 Å². The molecule has 54 valence electrons. The van der Waals surface area contributed by atoms with Crippen LogP contribution in [0, 0.1) is 5.92 Å². The number of nitrogens with two attached hydrogens (primary N) is 1. The molecule has 0 spiro atoms. The van der Waals surface area contributed by atoms with E-state index in [1.54, 1.807) is 0 Å². The van der Waals surface area contributed by atoms with E-state index in [2.05, 4.69) is 0 Å². The lowest BCUT2D eigenvalue weighted by atomic mass is 9.77. The Labute approximate surface area is 61.2 Å². The maximum atomic E-state index is 5.68. The van der Waals surface area contributed by atoms with Crippen LogP contribution in [-0.2, 0) is 4.74 Å². The van der Waals surface area contributed by atoms with Crippen LogP contribution < -0.4 is 5.73 Å². The van der Waals surface area contributed by atoms with Gasteiger partial charge < -0.3 is 10.5 Å². The van der Waals surface area contributed by atoms with E-state index < -0.39 is 0 Å². The van der Waals surface area contributed by atoms with Crippen molar-refractivity contribution in [3.8, 4) is 0 Å². The van der Waals surface area contributed by atoms with E-state index in [0.29, 0.717) is 12.1 Å². The predicted octanol–water partition coefficient (Wildman–Crippen LogP) is 0.544. The van der Waals surface area contributed by atoms with Crippen molar-refractivity contribution in [2.75, 3.05) is 6.61 Å². The largest absolute Gasteiger partial charge is 0.378 e. The molecule has 0 aromatic carbocycles. The highest BCUT2D eigenvalue weighted by atomic mass is 35.5. The van der Waals surface area contributed by atoms with Gasteiger partial charge in [-0.25, -0.2) is 0 Å². The van der Waals surface area contributed by atoms with Gasteiger partial charge in [0.15, 0.2) is 0 Å². The summed E-state index contributed by atoms with van der Waals surface area (Å²) < 4.78 is 5.34. The van der Waals surface area contributed by atoms with Crippen LogP contribution in [0.1, 0.15) is 12.8 Å². The molecule has 3 atom stereocenters. The molecule has 0 aromatic rings. The quantitative estimate of drug-likeness (QED) is 0.546. The molecule has 1 aliphatic carbocycles. The van der Waals surface area contributed by atoms with Gasteiger partial charge in [-0.15, -0.1) is 12.4 Å². The summed E-state index contributed by atoms with van der Waals surface area (Å²) in [6, 6.07) is 0.461. The number of fused-ring (bicyclic) bond motifs is 1. The second-order valence-electron chi connectivity index (χ2n) is 2.76. The van der Waals surface area contributed by atoms with Gasteiger partial charge in [0.25, 0.3) is 0 Å². The van der Waals surface area contributed by atoms with Gasteiger partial charge >= 0.3 is 0 Å². The Balaban J connectivity index is 0.000000405. The van der Waals surface area contributed by atoms with Crippen LogP contribution in [0.3, 0.4) is 0 Å². The highest BCUT2D eigenvalue weighted by Crippen LogP contribution is 2.36. The number of hydrogen-bond donors (Lipinski definition) is 1. The van der Waals surface area contributed by atoms with Crippen molar-refractivity contribution in [1.29, 1.82) is 0 Å². The van der Waals surface area contributed by atoms with Crippen molar-refractivity contribution in [1.82, 2.24) is 0 Å². The van der Waals surface area contributed by atoms with Gasteiger partial charge in [-0.05, 0) is 12.8 Å². The zero-order chi connectivity index (χ0) is 5.56. The minimum atomic E-state index is 0. The number of ether oxygens (including phenoxy) is 1. The smallest absolute Gasteiger partial charge is 0.0633 e. The van der Waals surface area contributed by atoms with Gasteiger partial charge in [-0.3, -0.25) is 0 Å². The van der Waals surface area contributed by atoms with Gasteiger partial charge in [0, 0.05) is 18.6 Å². The maximum absolute atomic E-state index is 5.68. The zero-order valence-corrected chi connectivity index (χ0v) is 6.06. The van der Waals surface area contributed by atoms with E-state index in [4.69, 9.17) is 10.5 Å². The van der Waals surface area contributed by atoms with E-state index in [-0.39, 0.29) is 12.4 Å². The Bertz CT molecular complexity index is 109. The predicted molar refractivity (Wildman–Crippen MR) is 37.7 cm³/mol. The highest BCUT2D eigenvalue weighted by molar-refractivity contribution is 5.85. The summed E-state index contributed by atoms with van der Waals surface area (Å²) in [5.74, 6) is 0.718. The Kier molecular flexibility index (Phi) is 1.99. The minimum absolute atomic E-state index is 0. The molecule has 2 fully saturated rings. The lowest BCUT2D eigenvalue weighted by Gasteiger charge is -2.35. The fraction of sp³-hybridized carbons (Fsp3) is 1.00. The van der Waals surface area contributed by atoms with E-state index in [0.717, 1.165) is 18.9 Å². The van der Waals surface area contributed by atoms with Crippen LogP contribution in [-0.4, -0.2) is 18.8 Å². The van der Waals surface area contributed by atoms with Crippen molar-refractivity contribution in [3.05, 3.63) is 0 Å². The Morgan fingerprint density at radius 2 is 2.22 bits per heavy atom. The van der Waals surface area contributed by atoms with E-state index in [1.165, 1.54) is 6.42 Å². The molecule has 2 nitrogen and oxygen atoms in total. The monoisotopic (exact) mass is 149 g/mol. The first-order valence-corrected chi connectivity index (χ1v) is 3.25. The Hall–Kier alpha value is 0.210. The molecule has 0 radical (unpaired) electrons. The minimum Gasteiger partial charge on any atom is -0.378 e. The van der Waals surface area contributed by atoms with Crippen molar-refractivity contribution < 1.29 is 4.74 Å². The van der Waals surface area contributed by atoms with E-state index in [1.807, 2.05) is 0 Å². The fourth-order valence-corrected chi connectivity index (χ4v) is 1.64. The summed E-state index contributed by atoms with van der Waals surface area (Å²) in [5.41, 5.74) is 5.68. The third kappa shape index (κ3) is 0.955. The molecule has 0 amide bonds. The van der Waals surface area contributed by atoms with Gasteiger partial charge in [0.2, 0.25) is 0 Å². The standard InChI is InChI=1S/C6H11NO.ClH/c7-5-3-6-4(5)1-2-8-6;/h4-6H,1-3,7H2;1H/t4-,5?,6+;/m1./s1. The average molecular weight is 150 g/mol. The Morgan fingerprint density at radius 1 is 1.44 bits per heavy atom. The first-order valence-electron chi connectivity index (χ1n) is 3.25. The van der Waals surface area contributed by atoms with Crippen LogP contribution in [0.25, 0.3) is 0 Å². The number of halogens is 1. The molecule has 1 saturated heterocycles. The van der Waals surface area contributed by atoms with Crippen LogP contribution in [0.2, 0.25) is 0 Å². The molecular weight excluding hydrogens is 138 g/mol. The van der Waals surface area contributed by atoms with Crippen LogP contribution in [0.5, 0.6) is 0 Å². The summed E-state index contributed by atoms with van der Waals surface area (Å²) in [4.78, 5) is 0. The van der Waals surface area contributed by atoms with Gasteiger partial charge in [-0.2, -0.15) is 0 Å². The molecule has 1 unspecified atom stereocenters. The first-order chi connectivity index (χ1) is 3.88. The summed E-state index contributed by atoms with van der Waals surface area (Å²) in [6.45, 7) is 0.947. The Morgan fingerprint density at radius 3 is 2.67 bits per heavy atom. The molecule has 3 heteroatoms. The molecule has 2 aliphatic rings. The highest BCUT2D eigenvalue weighted by Gasteiger charge is 2.42. The molecule has 2 N–H and O–H groups in total. The van der Waals surface area contributed by atoms with E-state index in [9.17, 15) is 0 Å². The maximum Gasteiger partial charge on any atom is 0.0633 e. The summed E-state index contributed by atoms with van der Waals surface area (Å²) in [5, 5.41) is 0. The summed E-state index contributed by atoms with van der Waals surface area (Å²) in [6.07, 6.45) is 2.85. The number of hydrogen-bond acceptors (Lipinski definition) is 2. The summed E-state index contributed by atoms with van der Waals surface area (Å²) >= 11 is 0. The summed E-state index contributed by atoms with van der Waals surface area (Å²) in [7, 11) is 0. The number of rotatable bonds is 0. The van der Waals surface area contributed by atoms with Crippen LogP contribution in [0.4, 0.5) is 0 Å².